The molecule has 0 heterocycles. The minimum Gasteiger partial charge on any atom is -0.500 e. The predicted molar refractivity (Wildman–Crippen MR) is 67.8 cm³/mol. The van der Waals surface area contributed by atoms with Crippen LogP contribution in [0.5, 0.6) is 0 Å². The molecule has 0 aliphatic rings. The van der Waals surface area contributed by atoms with Gasteiger partial charge < -0.3 is 9.84 Å². The Morgan fingerprint density at radius 1 is 1.45 bits per heavy atom. The third kappa shape index (κ3) is 3.14. The number of rotatable bonds is 5. The molecule has 0 aromatic heterocycles. The van der Waals surface area contributed by atoms with Crippen LogP contribution in [0.2, 0.25) is 5.02 Å². The number of hydrogen-bond donors (Lipinski definition) is 1. The van der Waals surface area contributed by atoms with Crippen LogP contribution in [0.15, 0.2) is 17.9 Å². The first-order valence-electron chi connectivity index (χ1n) is 5.55. The molecule has 7 heteroatoms. The summed E-state index contributed by atoms with van der Waals surface area (Å²) in [6.07, 6.45) is 0.719. The average Bonchev–Trinajstić information content (AvgIpc) is 2.40. The zero-order valence-electron chi connectivity index (χ0n) is 10.7. The second-order valence-corrected chi connectivity index (χ2v) is 4.16. The van der Waals surface area contributed by atoms with Crippen molar-refractivity contribution in [3.8, 4) is 0 Å². The fraction of sp³-hybridized carbons (Fsp3) is 0.231. The highest BCUT2D eigenvalue weighted by molar-refractivity contribution is 6.37. The van der Waals surface area contributed by atoms with Gasteiger partial charge in [-0.3, -0.25) is 4.79 Å². The number of Topliss-reactive ketones (excluding diaryl/α,β-unsaturated/α-hetero) is 1. The second-order valence-electron chi connectivity index (χ2n) is 3.78. The molecule has 1 aromatic carbocycles. The fourth-order valence-corrected chi connectivity index (χ4v) is 1.65. The van der Waals surface area contributed by atoms with Crippen molar-refractivity contribution in [3.63, 3.8) is 0 Å². The van der Waals surface area contributed by atoms with Crippen LogP contribution < -0.4 is 0 Å². The molecule has 1 N–H and O–H groups in total. The lowest BCUT2D eigenvalue weighted by molar-refractivity contribution is -0.132. The standard InChI is InChI=1S/C13H11ClF2O4/c1-3-20-5-8(13(18)19)12(17)7-4-9(15)6(2)11(16)10(7)14/h4-5H,3H2,1-2H3,(H,18,19). The van der Waals surface area contributed by atoms with Gasteiger partial charge in [0, 0.05) is 11.1 Å². The number of carbonyl (C=O) groups is 2. The van der Waals surface area contributed by atoms with E-state index < -0.39 is 39.5 Å². The maximum absolute atomic E-state index is 13.6. The van der Waals surface area contributed by atoms with Crippen molar-refractivity contribution in [1.29, 1.82) is 0 Å². The first-order chi connectivity index (χ1) is 9.31. The minimum atomic E-state index is -1.58. The van der Waals surface area contributed by atoms with E-state index in [1.165, 1.54) is 0 Å². The molecule has 0 aliphatic heterocycles. The van der Waals surface area contributed by atoms with Gasteiger partial charge in [0.15, 0.2) is 0 Å². The zero-order valence-corrected chi connectivity index (χ0v) is 11.4. The average molecular weight is 305 g/mol. The summed E-state index contributed by atoms with van der Waals surface area (Å²) in [6.45, 7) is 2.87. The zero-order chi connectivity index (χ0) is 15.4. The maximum atomic E-state index is 13.6. The Kier molecular flexibility index (Phi) is 5.21. The van der Waals surface area contributed by atoms with E-state index in [1.54, 1.807) is 6.92 Å². The van der Waals surface area contributed by atoms with Crippen LogP contribution in [-0.4, -0.2) is 23.5 Å². The first-order valence-corrected chi connectivity index (χ1v) is 5.92. The van der Waals surface area contributed by atoms with Gasteiger partial charge in [0.05, 0.1) is 11.6 Å². The topological polar surface area (TPSA) is 63.6 Å². The molecule has 1 aromatic rings. The number of ketones is 1. The van der Waals surface area contributed by atoms with Gasteiger partial charge in [0.25, 0.3) is 0 Å². The summed E-state index contributed by atoms with van der Waals surface area (Å²) in [4.78, 5) is 23.0. The number of aliphatic carboxylic acids is 1. The van der Waals surface area contributed by atoms with Crippen LogP contribution >= 0.6 is 11.6 Å². The van der Waals surface area contributed by atoms with Crippen LogP contribution in [0.1, 0.15) is 22.8 Å². The summed E-state index contributed by atoms with van der Waals surface area (Å²) in [5.74, 6) is -4.80. The second kappa shape index (κ2) is 6.47. The summed E-state index contributed by atoms with van der Waals surface area (Å²) in [6, 6.07) is 0.700. The lowest BCUT2D eigenvalue weighted by Crippen LogP contribution is -2.15. The van der Waals surface area contributed by atoms with Crippen LogP contribution in [0.3, 0.4) is 0 Å². The van der Waals surface area contributed by atoms with Crippen LogP contribution in [0.4, 0.5) is 8.78 Å². The number of ether oxygens (including phenoxy) is 1. The van der Waals surface area contributed by atoms with Crippen molar-refractivity contribution in [2.75, 3.05) is 6.61 Å². The number of carboxylic acids is 1. The summed E-state index contributed by atoms with van der Waals surface area (Å²) < 4.78 is 31.8. The van der Waals surface area contributed by atoms with Crippen molar-refractivity contribution >= 4 is 23.4 Å². The Bertz CT molecular complexity index is 597. The Labute approximate surface area is 118 Å². The Morgan fingerprint density at radius 2 is 2.05 bits per heavy atom. The van der Waals surface area contributed by atoms with Crippen molar-refractivity contribution in [2.45, 2.75) is 13.8 Å². The van der Waals surface area contributed by atoms with Crippen molar-refractivity contribution in [2.24, 2.45) is 0 Å². The summed E-state index contributed by atoms with van der Waals surface area (Å²) >= 11 is 5.62. The summed E-state index contributed by atoms with van der Waals surface area (Å²) in [5, 5.41) is 8.29. The highest BCUT2D eigenvalue weighted by atomic mass is 35.5. The van der Waals surface area contributed by atoms with E-state index in [0.717, 1.165) is 13.2 Å². The SMILES string of the molecule is CCOC=C(C(=O)O)C(=O)c1cc(F)c(C)c(F)c1Cl. The molecule has 108 valence electrons. The smallest absolute Gasteiger partial charge is 0.342 e. The first kappa shape index (κ1) is 16.1. The van der Waals surface area contributed by atoms with Crippen LogP contribution in [-0.2, 0) is 9.53 Å². The number of hydrogen-bond acceptors (Lipinski definition) is 3. The number of carbonyl (C=O) groups excluding carboxylic acids is 1. The predicted octanol–water partition coefficient (Wildman–Crippen LogP) is 3.11. The molecule has 20 heavy (non-hydrogen) atoms. The van der Waals surface area contributed by atoms with E-state index in [1.807, 2.05) is 0 Å². The van der Waals surface area contributed by atoms with Crippen molar-refractivity contribution < 1.29 is 28.2 Å². The molecule has 0 fully saturated rings. The minimum absolute atomic E-state index is 0.133. The molecule has 1 rings (SSSR count). The third-order valence-corrected chi connectivity index (χ3v) is 2.84. The Hall–Kier alpha value is -1.95. The molecule has 0 bridgehead atoms. The number of halogens is 3. The highest BCUT2D eigenvalue weighted by Gasteiger charge is 2.25. The largest absolute Gasteiger partial charge is 0.500 e. The molecule has 0 aliphatic carbocycles. The Morgan fingerprint density at radius 3 is 2.55 bits per heavy atom. The van der Waals surface area contributed by atoms with Gasteiger partial charge in [-0.05, 0) is 19.9 Å². The van der Waals surface area contributed by atoms with E-state index >= 15 is 0 Å². The number of carboxylic acid groups (broad SMARTS) is 1. The van der Waals surface area contributed by atoms with Gasteiger partial charge >= 0.3 is 5.97 Å². The van der Waals surface area contributed by atoms with Crippen molar-refractivity contribution in [1.82, 2.24) is 0 Å². The molecular weight excluding hydrogens is 294 g/mol. The summed E-state index contributed by atoms with van der Waals surface area (Å²) in [7, 11) is 0. The van der Waals surface area contributed by atoms with Gasteiger partial charge in [-0.1, -0.05) is 11.6 Å². The quantitative estimate of drug-likeness (QED) is 0.227. The van der Waals surface area contributed by atoms with E-state index in [-0.39, 0.29) is 12.2 Å². The molecule has 0 atom stereocenters. The van der Waals surface area contributed by atoms with Gasteiger partial charge in [-0.25, -0.2) is 13.6 Å². The monoisotopic (exact) mass is 304 g/mol. The van der Waals surface area contributed by atoms with Gasteiger partial charge in [0.1, 0.15) is 23.5 Å². The molecule has 0 radical (unpaired) electrons. The lowest BCUT2D eigenvalue weighted by atomic mass is 10.0. The molecule has 0 saturated carbocycles. The van der Waals surface area contributed by atoms with E-state index in [9.17, 15) is 18.4 Å². The summed E-state index contributed by atoms with van der Waals surface area (Å²) in [5.41, 5.74) is -1.69. The molecule has 0 saturated heterocycles. The highest BCUT2D eigenvalue weighted by Crippen LogP contribution is 2.27. The van der Waals surface area contributed by atoms with Crippen LogP contribution in [0, 0.1) is 18.6 Å². The van der Waals surface area contributed by atoms with Gasteiger partial charge in [0.2, 0.25) is 5.78 Å². The molecule has 4 nitrogen and oxygen atoms in total. The maximum Gasteiger partial charge on any atom is 0.342 e. The molecule has 0 spiro atoms. The fourth-order valence-electron chi connectivity index (χ4n) is 1.36. The van der Waals surface area contributed by atoms with Gasteiger partial charge in [-0.2, -0.15) is 0 Å². The molecule has 0 unspecified atom stereocenters. The van der Waals surface area contributed by atoms with Crippen molar-refractivity contribution in [3.05, 3.63) is 45.7 Å². The van der Waals surface area contributed by atoms with E-state index in [4.69, 9.17) is 21.4 Å². The number of benzene rings is 1. The normalized spacial score (nSPS) is 11.3. The van der Waals surface area contributed by atoms with E-state index in [2.05, 4.69) is 0 Å². The third-order valence-electron chi connectivity index (χ3n) is 2.48. The van der Waals surface area contributed by atoms with Gasteiger partial charge in [-0.15, -0.1) is 0 Å². The lowest BCUT2D eigenvalue weighted by Gasteiger charge is -2.08. The van der Waals surface area contributed by atoms with E-state index in [0.29, 0.717) is 6.07 Å². The van der Waals surface area contributed by atoms with Crippen LogP contribution in [0.25, 0.3) is 0 Å². The molecular formula is C13H11ClF2O4. The molecule has 0 amide bonds. The Balaban J connectivity index is 3.37.